The third-order valence-electron chi connectivity index (χ3n) is 3.54. The van der Waals surface area contributed by atoms with Gasteiger partial charge in [-0.05, 0) is 20.3 Å². The number of ether oxygens (including phenoxy) is 3. The summed E-state index contributed by atoms with van der Waals surface area (Å²) in [5.74, 6) is 0.428. The zero-order valence-corrected chi connectivity index (χ0v) is 12.5. The summed E-state index contributed by atoms with van der Waals surface area (Å²) in [6.07, 6.45) is 0.968. The first-order valence-corrected chi connectivity index (χ1v) is 7.49. The van der Waals surface area contributed by atoms with Crippen LogP contribution in [0.4, 0.5) is 0 Å². The third-order valence-corrected chi connectivity index (χ3v) is 3.54. The molecule has 2 unspecified atom stereocenters. The summed E-state index contributed by atoms with van der Waals surface area (Å²) in [4.78, 5) is 2.38. The van der Waals surface area contributed by atoms with E-state index < -0.39 is 0 Å². The van der Waals surface area contributed by atoms with Gasteiger partial charge in [0.2, 0.25) is 0 Å². The molecule has 0 aliphatic carbocycles. The summed E-state index contributed by atoms with van der Waals surface area (Å²) in [5.41, 5.74) is 6.17. The van der Waals surface area contributed by atoms with Gasteiger partial charge < -0.3 is 19.9 Å². The van der Waals surface area contributed by atoms with Gasteiger partial charge in [-0.15, -0.1) is 0 Å². The fourth-order valence-electron chi connectivity index (χ4n) is 2.30. The SMILES string of the molecule is CCOCCN(CCOCC)CC1COCCC1N. The van der Waals surface area contributed by atoms with Crippen LogP contribution in [0.1, 0.15) is 20.3 Å². The van der Waals surface area contributed by atoms with Gasteiger partial charge in [-0.2, -0.15) is 0 Å². The fourth-order valence-corrected chi connectivity index (χ4v) is 2.30. The second-order valence-electron chi connectivity index (χ2n) is 4.98. The number of rotatable bonds is 10. The molecule has 2 atom stereocenters. The summed E-state index contributed by atoms with van der Waals surface area (Å²) in [7, 11) is 0. The van der Waals surface area contributed by atoms with E-state index in [1.165, 1.54) is 0 Å². The number of hydrogen-bond donors (Lipinski definition) is 1. The molecular weight excluding hydrogens is 244 g/mol. The molecule has 5 nitrogen and oxygen atoms in total. The van der Waals surface area contributed by atoms with Crippen LogP contribution < -0.4 is 5.73 Å². The first-order chi connectivity index (χ1) is 9.27. The van der Waals surface area contributed by atoms with E-state index in [2.05, 4.69) is 4.90 Å². The van der Waals surface area contributed by atoms with E-state index in [1.54, 1.807) is 0 Å². The van der Waals surface area contributed by atoms with Crippen LogP contribution in [0.25, 0.3) is 0 Å². The Morgan fingerprint density at radius 1 is 1.16 bits per heavy atom. The Labute approximate surface area is 117 Å². The molecule has 0 radical (unpaired) electrons. The molecule has 0 bridgehead atoms. The molecule has 114 valence electrons. The Balaban J connectivity index is 2.32. The van der Waals surface area contributed by atoms with E-state index >= 15 is 0 Å². The second kappa shape index (κ2) is 10.6. The van der Waals surface area contributed by atoms with Crippen LogP contribution in [0, 0.1) is 5.92 Å². The lowest BCUT2D eigenvalue weighted by atomic mass is 9.96. The largest absolute Gasteiger partial charge is 0.381 e. The summed E-state index contributed by atoms with van der Waals surface area (Å²) in [6, 6.07) is 0.260. The van der Waals surface area contributed by atoms with E-state index in [-0.39, 0.29) is 6.04 Å². The van der Waals surface area contributed by atoms with E-state index in [0.717, 1.165) is 65.7 Å². The molecule has 5 heteroatoms. The highest BCUT2D eigenvalue weighted by Gasteiger charge is 2.24. The van der Waals surface area contributed by atoms with Crippen molar-refractivity contribution in [2.24, 2.45) is 11.7 Å². The lowest BCUT2D eigenvalue weighted by Crippen LogP contribution is -2.46. The number of nitrogens with zero attached hydrogens (tertiary/aromatic N) is 1. The van der Waals surface area contributed by atoms with Crippen LogP contribution in [0.15, 0.2) is 0 Å². The predicted molar refractivity (Wildman–Crippen MR) is 76.3 cm³/mol. The predicted octanol–water partition coefficient (Wildman–Crippen LogP) is 0.725. The van der Waals surface area contributed by atoms with Crippen LogP contribution in [0.3, 0.4) is 0 Å². The van der Waals surface area contributed by atoms with Crippen LogP contribution in [-0.4, -0.2) is 70.2 Å². The van der Waals surface area contributed by atoms with Gasteiger partial charge in [0, 0.05) is 51.4 Å². The summed E-state index contributed by atoms with van der Waals surface area (Å²) < 4.78 is 16.4. The van der Waals surface area contributed by atoms with Crippen molar-refractivity contribution in [3.05, 3.63) is 0 Å². The maximum absolute atomic E-state index is 6.17. The second-order valence-corrected chi connectivity index (χ2v) is 4.98. The molecule has 0 aromatic carbocycles. The molecule has 0 aromatic heterocycles. The monoisotopic (exact) mass is 274 g/mol. The molecular formula is C14H30N2O3. The van der Waals surface area contributed by atoms with Gasteiger partial charge in [-0.1, -0.05) is 0 Å². The molecule has 1 aliphatic heterocycles. The third kappa shape index (κ3) is 7.22. The van der Waals surface area contributed by atoms with Gasteiger partial charge in [-0.3, -0.25) is 4.90 Å². The van der Waals surface area contributed by atoms with E-state index in [1.807, 2.05) is 13.8 Å². The fraction of sp³-hybridized carbons (Fsp3) is 1.00. The van der Waals surface area contributed by atoms with Gasteiger partial charge in [-0.25, -0.2) is 0 Å². The van der Waals surface area contributed by atoms with Gasteiger partial charge in [0.25, 0.3) is 0 Å². The highest BCUT2D eigenvalue weighted by Crippen LogP contribution is 2.14. The molecule has 1 aliphatic rings. The molecule has 1 rings (SSSR count). The molecule has 1 heterocycles. The molecule has 0 saturated carbocycles. The highest BCUT2D eigenvalue weighted by atomic mass is 16.5. The molecule has 1 fully saturated rings. The smallest absolute Gasteiger partial charge is 0.0593 e. The molecule has 19 heavy (non-hydrogen) atoms. The first-order valence-electron chi connectivity index (χ1n) is 7.49. The summed E-state index contributed by atoms with van der Waals surface area (Å²) >= 11 is 0. The van der Waals surface area contributed by atoms with Crippen molar-refractivity contribution in [1.29, 1.82) is 0 Å². The van der Waals surface area contributed by atoms with Crippen molar-refractivity contribution < 1.29 is 14.2 Å². The molecule has 0 amide bonds. The number of nitrogens with two attached hydrogens (primary N) is 1. The zero-order valence-electron chi connectivity index (χ0n) is 12.5. The molecule has 1 saturated heterocycles. The van der Waals surface area contributed by atoms with E-state index in [4.69, 9.17) is 19.9 Å². The van der Waals surface area contributed by atoms with Gasteiger partial charge in [0.1, 0.15) is 0 Å². The van der Waals surface area contributed by atoms with Crippen molar-refractivity contribution >= 4 is 0 Å². The maximum Gasteiger partial charge on any atom is 0.0593 e. The van der Waals surface area contributed by atoms with Gasteiger partial charge in [0.15, 0.2) is 0 Å². The van der Waals surface area contributed by atoms with E-state index in [0.29, 0.717) is 5.92 Å². The normalized spacial score (nSPS) is 24.0. The number of hydrogen-bond acceptors (Lipinski definition) is 5. The van der Waals surface area contributed by atoms with E-state index in [9.17, 15) is 0 Å². The molecule has 0 spiro atoms. The Morgan fingerprint density at radius 2 is 1.79 bits per heavy atom. The van der Waals surface area contributed by atoms with Gasteiger partial charge in [0.05, 0.1) is 19.8 Å². The van der Waals surface area contributed by atoms with Crippen LogP contribution in [0.2, 0.25) is 0 Å². The van der Waals surface area contributed by atoms with Crippen molar-refractivity contribution in [1.82, 2.24) is 4.90 Å². The standard InChI is InChI=1S/C14H30N2O3/c1-3-17-9-6-16(7-10-18-4-2)11-13-12-19-8-5-14(13)15/h13-14H,3-12,15H2,1-2H3. The Morgan fingerprint density at radius 3 is 2.32 bits per heavy atom. The molecule has 2 N–H and O–H groups in total. The quantitative estimate of drug-likeness (QED) is 0.595. The lowest BCUT2D eigenvalue weighted by Gasteiger charge is -2.33. The van der Waals surface area contributed by atoms with Crippen molar-refractivity contribution in [2.45, 2.75) is 26.3 Å². The first kappa shape index (κ1) is 16.9. The van der Waals surface area contributed by atoms with Crippen molar-refractivity contribution in [2.75, 3.05) is 59.3 Å². The Bertz CT molecular complexity index is 207. The summed E-state index contributed by atoms with van der Waals surface area (Å²) in [5, 5.41) is 0. The minimum Gasteiger partial charge on any atom is -0.381 e. The van der Waals surface area contributed by atoms with Crippen molar-refractivity contribution in [3.8, 4) is 0 Å². The maximum atomic E-state index is 6.17. The minimum atomic E-state index is 0.260. The Kier molecular flexibility index (Phi) is 9.38. The highest BCUT2D eigenvalue weighted by molar-refractivity contribution is 4.79. The van der Waals surface area contributed by atoms with Crippen LogP contribution >= 0.6 is 0 Å². The molecule has 0 aromatic rings. The lowest BCUT2D eigenvalue weighted by molar-refractivity contribution is 0.0143. The van der Waals surface area contributed by atoms with Gasteiger partial charge >= 0.3 is 0 Å². The van der Waals surface area contributed by atoms with Crippen LogP contribution in [0.5, 0.6) is 0 Å². The topological polar surface area (TPSA) is 57.0 Å². The summed E-state index contributed by atoms with van der Waals surface area (Å²) in [6.45, 7) is 11.5. The average molecular weight is 274 g/mol. The zero-order chi connectivity index (χ0) is 13.9. The average Bonchev–Trinajstić information content (AvgIpc) is 2.41. The minimum absolute atomic E-state index is 0.260. The Hall–Kier alpha value is -0.200. The van der Waals surface area contributed by atoms with Crippen molar-refractivity contribution in [3.63, 3.8) is 0 Å². The van der Waals surface area contributed by atoms with Crippen LogP contribution in [-0.2, 0) is 14.2 Å².